The molecule has 0 aromatic carbocycles. The number of amides is 1. The molecule has 0 radical (unpaired) electrons. The number of carbonyl (C=O) groups is 2. The third-order valence-corrected chi connectivity index (χ3v) is 4.59. The first-order valence-corrected chi connectivity index (χ1v) is 7.04. The van der Waals surface area contributed by atoms with Gasteiger partial charge in [-0.05, 0) is 18.6 Å². The van der Waals surface area contributed by atoms with Crippen LogP contribution in [-0.2, 0) is 9.53 Å². The third-order valence-electron chi connectivity index (χ3n) is 3.28. The fourth-order valence-electron chi connectivity index (χ4n) is 2.27. The fraction of sp³-hybridized carbons (Fsp3) is 0.818. The molecule has 2 heterocycles. The number of aliphatic carboxylic acids is 1. The first-order valence-electron chi connectivity index (χ1n) is 5.89. The van der Waals surface area contributed by atoms with Crippen molar-refractivity contribution in [2.45, 2.75) is 31.3 Å². The summed E-state index contributed by atoms with van der Waals surface area (Å²) < 4.78 is 5.53. The van der Waals surface area contributed by atoms with Crippen LogP contribution in [0.15, 0.2) is 0 Å². The van der Waals surface area contributed by atoms with Crippen molar-refractivity contribution < 1.29 is 19.4 Å². The summed E-state index contributed by atoms with van der Waals surface area (Å²) in [4.78, 5) is 23.7. The normalized spacial score (nSPS) is 29.2. The smallest absolute Gasteiger partial charge is 0.410 e. The second-order valence-corrected chi connectivity index (χ2v) is 5.69. The van der Waals surface area contributed by atoms with Crippen LogP contribution in [0.3, 0.4) is 0 Å². The van der Waals surface area contributed by atoms with Crippen LogP contribution in [0.2, 0.25) is 0 Å². The fourth-order valence-corrected chi connectivity index (χ4v) is 3.48. The van der Waals surface area contributed by atoms with Gasteiger partial charge in [0, 0.05) is 25.3 Å². The lowest BCUT2D eigenvalue weighted by Crippen LogP contribution is -2.52. The Morgan fingerprint density at radius 1 is 1.53 bits per heavy atom. The number of carboxylic acids is 1. The predicted octanol–water partition coefficient (Wildman–Crippen LogP) is 1.57. The second-order valence-electron chi connectivity index (χ2n) is 4.59. The predicted molar refractivity (Wildman–Crippen MR) is 64.2 cm³/mol. The standard InChI is InChI=1S/C11H17NO4S/c13-9(14)2-5-12-6-4-11(16-10(12)15)3-1-7-17-8-11/h1-8H2,(H,13,14). The Kier molecular flexibility index (Phi) is 3.81. The summed E-state index contributed by atoms with van der Waals surface area (Å²) in [6, 6.07) is 0. The quantitative estimate of drug-likeness (QED) is 0.833. The Morgan fingerprint density at radius 3 is 2.94 bits per heavy atom. The number of carboxylic acid groups (broad SMARTS) is 1. The largest absolute Gasteiger partial charge is 0.481 e. The van der Waals surface area contributed by atoms with Crippen LogP contribution < -0.4 is 0 Å². The van der Waals surface area contributed by atoms with Gasteiger partial charge >= 0.3 is 12.1 Å². The zero-order chi connectivity index (χ0) is 12.3. The van der Waals surface area contributed by atoms with Gasteiger partial charge < -0.3 is 14.7 Å². The highest BCUT2D eigenvalue weighted by atomic mass is 32.2. The third kappa shape index (κ3) is 3.06. The first-order chi connectivity index (χ1) is 8.11. The molecule has 0 saturated carbocycles. The Morgan fingerprint density at radius 2 is 2.35 bits per heavy atom. The van der Waals surface area contributed by atoms with E-state index in [2.05, 4.69) is 0 Å². The lowest BCUT2D eigenvalue weighted by molar-refractivity contribution is -0.137. The molecule has 0 bridgehead atoms. The molecule has 0 aliphatic carbocycles. The van der Waals surface area contributed by atoms with E-state index < -0.39 is 5.97 Å². The lowest BCUT2D eigenvalue weighted by Gasteiger charge is -2.42. The van der Waals surface area contributed by atoms with Crippen LogP contribution in [0.1, 0.15) is 25.7 Å². The lowest BCUT2D eigenvalue weighted by atomic mass is 9.94. The molecular weight excluding hydrogens is 242 g/mol. The van der Waals surface area contributed by atoms with E-state index in [0.717, 1.165) is 30.8 Å². The maximum Gasteiger partial charge on any atom is 0.410 e. The number of carbonyl (C=O) groups excluding carboxylic acids is 1. The Balaban J connectivity index is 1.88. The van der Waals surface area contributed by atoms with E-state index in [1.165, 1.54) is 4.90 Å². The van der Waals surface area contributed by atoms with Gasteiger partial charge in [0.15, 0.2) is 0 Å². The second kappa shape index (κ2) is 5.16. The van der Waals surface area contributed by atoms with E-state index in [0.29, 0.717) is 6.54 Å². The van der Waals surface area contributed by atoms with Crippen LogP contribution in [0, 0.1) is 0 Å². The van der Waals surface area contributed by atoms with Crippen molar-refractivity contribution in [3.8, 4) is 0 Å². The Hall–Kier alpha value is -0.910. The van der Waals surface area contributed by atoms with Gasteiger partial charge in [0.05, 0.1) is 6.42 Å². The molecule has 2 aliphatic heterocycles. The molecule has 1 spiro atoms. The molecule has 1 N–H and O–H groups in total. The van der Waals surface area contributed by atoms with Crippen molar-refractivity contribution in [3.05, 3.63) is 0 Å². The van der Waals surface area contributed by atoms with Gasteiger partial charge in [-0.15, -0.1) is 0 Å². The number of hydrogen-bond acceptors (Lipinski definition) is 4. The van der Waals surface area contributed by atoms with E-state index in [-0.39, 0.29) is 24.7 Å². The molecule has 17 heavy (non-hydrogen) atoms. The van der Waals surface area contributed by atoms with E-state index in [4.69, 9.17) is 9.84 Å². The van der Waals surface area contributed by atoms with Gasteiger partial charge in [-0.1, -0.05) is 0 Å². The summed E-state index contributed by atoms with van der Waals surface area (Å²) in [6.45, 7) is 0.865. The SMILES string of the molecule is O=C(O)CCN1CCC2(CCCSC2)OC1=O. The monoisotopic (exact) mass is 259 g/mol. The number of hydrogen-bond donors (Lipinski definition) is 1. The van der Waals surface area contributed by atoms with Crippen LogP contribution >= 0.6 is 11.8 Å². The van der Waals surface area contributed by atoms with Crippen molar-refractivity contribution in [3.63, 3.8) is 0 Å². The minimum atomic E-state index is -0.883. The van der Waals surface area contributed by atoms with Gasteiger partial charge in [-0.3, -0.25) is 4.79 Å². The summed E-state index contributed by atoms with van der Waals surface area (Å²) in [6.07, 6.45) is 2.49. The zero-order valence-corrected chi connectivity index (χ0v) is 10.5. The molecule has 1 amide bonds. The molecule has 5 nitrogen and oxygen atoms in total. The zero-order valence-electron chi connectivity index (χ0n) is 9.68. The molecular formula is C11H17NO4S. The summed E-state index contributed by atoms with van der Waals surface area (Å²) in [7, 11) is 0. The molecule has 0 aromatic rings. The summed E-state index contributed by atoms with van der Waals surface area (Å²) in [5.74, 6) is 1.14. The summed E-state index contributed by atoms with van der Waals surface area (Å²) in [5, 5.41) is 8.59. The molecule has 2 saturated heterocycles. The van der Waals surface area contributed by atoms with Crippen LogP contribution in [-0.4, -0.2) is 52.3 Å². The molecule has 2 rings (SSSR count). The summed E-state index contributed by atoms with van der Waals surface area (Å²) in [5.41, 5.74) is -0.278. The maximum absolute atomic E-state index is 11.8. The highest BCUT2D eigenvalue weighted by Crippen LogP contribution is 2.36. The average Bonchev–Trinajstić information content (AvgIpc) is 2.29. The van der Waals surface area contributed by atoms with E-state index in [1.54, 1.807) is 0 Å². The van der Waals surface area contributed by atoms with Crippen LogP contribution in [0.5, 0.6) is 0 Å². The van der Waals surface area contributed by atoms with Gasteiger partial charge in [0.1, 0.15) is 5.60 Å². The Labute approximate surface area is 104 Å². The minimum absolute atomic E-state index is 0.0170. The van der Waals surface area contributed by atoms with Crippen molar-refractivity contribution in [1.29, 1.82) is 0 Å². The van der Waals surface area contributed by atoms with Crippen molar-refractivity contribution in [2.75, 3.05) is 24.6 Å². The van der Waals surface area contributed by atoms with Crippen LogP contribution in [0.25, 0.3) is 0 Å². The number of ether oxygens (including phenoxy) is 1. The number of rotatable bonds is 3. The molecule has 2 aliphatic rings. The van der Waals surface area contributed by atoms with Gasteiger partial charge in [-0.25, -0.2) is 4.79 Å². The average molecular weight is 259 g/mol. The number of nitrogens with zero attached hydrogens (tertiary/aromatic N) is 1. The molecule has 2 fully saturated rings. The summed E-state index contributed by atoms with van der Waals surface area (Å²) >= 11 is 1.83. The van der Waals surface area contributed by atoms with Crippen molar-refractivity contribution in [1.82, 2.24) is 4.90 Å². The maximum atomic E-state index is 11.8. The Bertz CT molecular complexity index is 315. The van der Waals surface area contributed by atoms with E-state index >= 15 is 0 Å². The highest BCUT2D eigenvalue weighted by molar-refractivity contribution is 7.99. The van der Waals surface area contributed by atoms with E-state index in [9.17, 15) is 9.59 Å². The highest BCUT2D eigenvalue weighted by Gasteiger charge is 2.41. The molecule has 96 valence electrons. The van der Waals surface area contributed by atoms with E-state index in [1.807, 2.05) is 11.8 Å². The number of thioether (sulfide) groups is 1. The van der Waals surface area contributed by atoms with Crippen molar-refractivity contribution >= 4 is 23.8 Å². The van der Waals surface area contributed by atoms with Crippen molar-refractivity contribution in [2.24, 2.45) is 0 Å². The first kappa shape index (κ1) is 12.5. The minimum Gasteiger partial charge on any atom is -0.481 e. The van der Waals surface area contributed by atoms with Gasteiger partial charge in [0.25, 0.3) is 0 Å². The van der Waals surface area contributed by atoms with Crippen LogP contribution in [0.4, 0.5) is 4.79 Å². The van der Waals surface area contributed by atoms with Gasteiger partial charge in [0.2, 0.25) is 0 Å². The molecule has 1 atom stereocenters. The topological polar surface area (TPSA) is 66.8 Å². The molecule has 6 heteroatoms. The molecule has 0 aromatic heterocycles. The van der Waals surface area contributed by atoms with Gasteiger partial charge in [-0.2, -0.15) is 11.8 Å². The molecule has 1 unspecified atom stereocenters.